The van der Waals surface area contributed by atoms with Gasteiger partial charge >= 0.3 is 5.69 Å². The van der Waals surface area contributed by atoms with Crippen molar-refractivity contribution >= 4 is 16.9 Å². The maximum atomic E-state index is 11.6. The van der Waals surface area contributed by atoms with Crippen LogP contribution >= 0.6 is 0 Å². The molecule has 6 nitrogen and oxygen atoms in total. The molecule has 0 bridgehead atoms. The molecule has 0 saturated carbocycles. The summed E-state index contributed by atoms with van der Waals surface area (Å²) in [5.74, 6) is -1.24. The first kappa shape index (κ1) is 11.1. The van der Waals surface area contributed by atoms with Gasteiger partial charge in [0.25, 0.3) is 5.56 Å². The van der Waals surface area contributed by atoms with Crippen LogP contribution in [0.2, 0.25) is 0 Å². The molecule has 0 atom stereocenters. The van der Waals surface area contributed by atoms with Gasteiger partial charge in [0.15, 0.2) is 0 Å². The van der Waals surface area contributed by atoms with Crippen molar-refractivity contribution in [1.29, 1.82) is 0 Å². The molecule has 0 spiro atoms. The Kier molecular flexibility index (Phi) is 2.78. The highest BCUT2D eigenvalue weighted by Gasteiger charge is 2.05. The van der Waals surface area contributed by atoms with Crippen molar-refractivity contribution in [1.82, 2.24) is 9.55 Å². The van der Waals surface area contributed by atoms with Crippen LogP contribution in [-0.2, 0) is 11.3 Å². The lowest BCUT2D eigenvalue weighted by Crippen LogP contribution is -2.32. The zero-order valence-corrected chi connectivity index (χ0v) is 8.80. The minimum absolute atomic E-state index is 0.0293. The first-order chi connectivity index (χ1) is 8.09. The quantitative estimate of drug-likeness (QED) is 0.722. The Morgan fingerprint density at radius 3 is 2.71 bits per heavy atom. The van der Waals surface area contributed by atoms with Crippen molar-refractivity contribution in [3.8, 4) is 0 Å². The number of aromatic amines is 1. The molecule has 17 heavy (non-hydrogen) atoms. The van der Waals surface area contributed by atoms with Crippen LogP contribution in [-0.4, -0.2) is 15.5 Å². The number of benzene rings is 1. The Bertz CT molecular complexity index is 684. The Balaban J connectivity index is 2.65. The molecule has 0 saturated heterocycles. The second-order valence-corrected chi connectivity index (χ2v) is 3.55. The fourth-order valence-electron chi connectivity index (χ4n) is 1.67. The molecular weight excluding hydrogens is 224 g/mol. The van der Waals surface area contributed by atoms with E-state index >= 15 is 0 Å². The van der Waals surface area contributed by atoms with Crippen LogP contribution in [0.15, 0.2) is 33.9 Å². The number of aryl methyl sites for hydroxylation is 1. The summed E-state index contributed by atoms with van der Waals surface area (Å²) < 4.78 is 1.21. The van der Waals surface area contributed by atoms with Crippen molar-refractivity contribution < 1.29 is 9.90 Å². The molecule has 1 aromatic heterocycles. The summed E-state index contributed by atoms with van der Waals surface area (Å²) >= 11 is 0. The average molecular weight is 233 g/mol. The molecule has 0 unspecified atom stereocenters. The van der Waals surface area contributed by atoms with Crippen molar-refractivity contribution in [3.05, 3.63) is 45.1 Å². The number of nitrogens with zero attached hydrogens (tertiary/aromatic N) is 1. The maximum Gasteiger partial charge on any atom is 0.328 e. The van der Waals surface area contributed by atoms with Crippen LogP contribution in [0.1, 0.15) is 6.42 Å². The normalized spacial score (nSPS) is 10.6. The lowest BCUT2D eigenvalue weighted by molar-refractivity contribution is -0.305. The molecule has 6 heteroatoms. The first-order valence-corrected chi connectivity index (χ1v) is 5.01. The van der Waals surface area contributed by atoms with E-state index in [1.54, 1.807) is 24.3 Å². The van der Waals surface area contributed by atoms with Gasteiger partial charge in [-0.1, -0.05) is 12.1 Å². The van der Waals surface area contributed by atoms with Gasteiger partial charge in [0, 0.05) is 18.9 Å². The Morgan fingerprint density at radius 1 is 1.29 bits per heavy atom. The van der Waals surface area contributed by atoms with Gasteiger partial charge in [0.2, 0.25) is 0 Å². The maximum absolute atomic E-state index is 11.6. The number of aliphatic carboxylic acids is 1. The molecule has 0 radical (unpaired) electrons. The number of H-pyrrole nitrogens is 1. The van der Waals surface area contributed by atoms with Crippen molar-refractivity contribution in [2.75, 3.05) is 0 Å². The van der Waals surface area contributed by atoms with Crippen molar-refractivity contribution in [3.63, 3.8) is 0 Å². The topological polar surface area (TPSA) is 95.0 Å². The van der Waals surface area contributed by atoms with Gasteiger partial charge in [-0.25, -0.2) is 4.79 Å². The average Bonchev–Trinajstić information content (AvgIpc) is 2.28. The van der Waals surface area contributed by atoms with Gasteiger partial charge < -0.3 is 9.90 Å². The number of nitrogens with one attached hydrogen (secondary N) is 1. The van der Waals surface area contributed by atoms with Gasteiger partial charge in [-0.05, 0) is 12.1 Å². The molecule has 0 aliphatic carbocycles. The second kappa shape index (κ2) is 4.25. The number of hydrogen-bond donors (Lipinski definition) is 1. The summed E-state index contributed by atoms with van der Waals surface area (Å²) in [4.78, 5) is 35.6. The molecule has 0 amide bonds. The number of hydrogen-bond acceptors (Lipinski definition) is 4. The van der Waals surface area contributed by atoms with E-state index in [2.05, 4.69) is 4.98 Å². The zero-order valence-electron chi connectivity index (χ0n) is 8.80. The van der Waals surface area contributed by atoms with E-state index in [0.717, 1.165) is 0 Å². The molecule has 2 rings (SSSR count). The van der Waals surface area contributed by atoms with Crippen LogP contribution < -0.4 is 16.4 Å². The molecule has 88 valence electrons. The monoisotopic (exact) mass is 233 g/mol. The SMILES string of the molecule is O=C([O-])CCn1c(=O)[nH]c(=O)c2ccccc21. The summed E-state index contributed by atoms with van der Waals surface area (Å²) in [6.07, 6.45) is -0.282. The lowest BCUT2D eigenvalue weighted by Gasteiger charge is -2.09. The number of rotatable bonds is 3. The van der Waals surface area contributed by atoms with Crippen LogP contribution in [0.25, 0.3) is 10.9 Å². The third-order valence-electron chi connectivity index (χ3n) is 2.44. The van der Waals surface area contributed by atoms with Gasteiger partial charge in [0.05, 0.1) is 10.9 Å². The number of aromatic nitrogens is 2. The van der Waals surface area contributed by atoms with E-state index in [9.17, 15) is 19.5 Å². The van der Waals surface area contributed by atoms with E-state index in [1.807, 2.05) is 0 Å². The Hall–Kier alpha value is -2.37. The van der Waals surface area contributed by atoms with E-state index in [-0.39, 0.29) is 13.0 Å². The van der Waals surface area contributed by atoms with E-state index in [4.69, 9.17) is 0 Å². The van der Waals surface area contributed by atoms with Crippen molar-refractivity contribution in [2.24, 2.45) is 0 Å². The number of carbonyl (C=O) groups excluding carboxylic acids is 1. The Morgan fingerprint density at radius 2 is 2.00 bits per heavy atom. The molecule has 0 aliphatic rings. The molecule has 0 fully saturated rings. The predicted octanol–water partition coefficient (Wildman–Crippen LogP) is -1.17. The fraction of sp³-hybridized carbons (Fsp3) is 0.182. The highest BCUT2D eigenvalue weighted by molar-refractivity contribution is 5.77. The van der Waals surface area contributed by atoms with Gasteiger partial charge in [0.1, 0.15) is 0 Å². The van der Waals surface area contributed by atoms with E-state index < -0.39 is 17.2 Å². The van der Waals surface area contributed by atoms with Gasteiger partial charge in [-0.2, -0.15) is 0 Å². The van der Waals surface area contributed by atoms with Gasteiger partial charge in [-0.3, -0.25) is 14.3 Å². The third kappa shape index (κ3) is 2.10. The first-order valence-electron chi connectivity index (χ1n) is 5.01. The molecular formula is C11H9N2O4-. The largest absolute Gasteiger partial charge is 0.550 e. The molecule has 1 aromatic carbocycles. The predicted molar refractivity (Wildman–Crippen MR) is 58.5 cm³/mol. The number of para-hydroxylation sites is 1. The minimum atomic E-state index is -1.24. The van der Waals surface area contributed by atoms with Crippen LogP contribution in [0.5, 0.6) is 0 Å². The van der Waals surface area contributed by atoms with Crippen LogP contribution in [0.4, 0.5) is 0 Å². The zero-order chi connectivity index (χ0) is 12.4. The summed E-state index contributed by atoms with van der Waals surface area (Å²) in [5, 5.41) is 10.7. The highest BCUT2D eigenvalue weighted by Crippen LogP contribution is 2.06. The molecule has 2 aromatic rings. The standard InChI is InChI=1S/C11H10N2O4/c14-9(15)5-6-13-8-4-2-1-3-7(8)10(16)12-11(13)17/h1-4H,5-6H2,(H,14,15)(H,12,16,17)/p-1. The minimum Gasteiger partial charge on any atom is -0.550 e. The Labute approximate surface area is 95.1 Å². The summed E-state index contributed by atoms with van der Waals surface area (Å²) in [6.45, 7) is -0.0293. The summed E-state index contributed by atoms with van der Waals surface area (Å²) in [5.41, 5.74) is -0.673. The molecule has 1 heterocycles. The highest BCUT2D eigenvalue weighted by atomic mass is 16.4. The molecule has 0 aliphatic heterocycles. The number of carboxylic acid groups (broad SMARTS) is 1. The van der Waals surface area contributed by atoms with Crippen LogP contribution in [0, 0.1) is 0 Å². The molecule has 1 N–H and O–H groups in total. The summed E-state index contributed by atoms with van der Waals surface area (Å²) in [6, 6.07) is 6.52. The number of carboxylic acids is 1. The lowest BCUT2D eigenvalue weighted by atomic mass is 10.2. The fourth-order valence-corrected chi connectivity index (χ4v) is 1.67. The van der Waals surface area contributed by atoms with Crippen molar-refractivity contribution in [2.45, 2.75) is 13.0 Å². The van der Waals surface area contributed by atoms with E-state index in [0.29, 0.717) is 10.9 Å². The van der Waals surface area contributed by atoms with Crippen LogP contribution in [0.3, 0.4) is 0 Å². The van der Waals surface area contributed by atoms with Gasteiger partial charge in [-0.15, -0.1) is 0 Å². The van der Waals surface area contributed by atoms with E-state index in [1.165, 1.54) is 4.57 Å². The number of carbonyl (C=O) groups is 1. The third-order valence-corrected chi connectivity index (χ3v) is 2.44. The number of fused-ring (bicyclic) bond motifs is 1. The second-order valence-electron chi connectivity index (χ2n) is 3.55. The summed E-state index contributed by atoms with van der Waals surface area (Å²) in [7, 11) is 0. The smallest absolute Gasteiger partial charge is 0.328 e.